The Labute approximate surface area is 122 Å². The second-order valence-corrected chi connectivity index (χ2v) is 5.82. The third-order valence-corrected chi connectivity index (χ3v) is 3.66. The first-order chi connectivity index (χ1) is 9.58. The number of rotatable bonds is 10. The molecule has 1 unspecified atom stereocenters. The van der Waals surface area contributed by atoms with Crippen LogP contribution in [0.25, 0.3) is 0 Å². The third-order valence-electron chi connectivity index (χ3n) is 3.66. The van der Waals surface area contributed by atoms with E-state index in [0.717, 1.165) is 50.6 Å². The molecular weight excluding hydrogens is 252 g/mol. The summed E-state index contributed by atoms with van der Waals surface area (Å²) in [4.78, 5) is 6.84. The van der Waals surface area contributed by atoms with Crippen molar-refractivity contribution in [1.29, 1.82) is 0 Å². The van der Waals surface area contributed by atoms with E-state index in [2.05, 4.69) is 42.7 Å². The number of likely N-dealkylation sites (N-methyl/N-ethyl adjacent to an activating group) is 1. The van der Waals surface area contributed by atoms with Crippen molar-refractivity contribution in [2.45, 2.75) is 47.0 Å². The molecule has 20 heavy (non-hydrogen) atoms. The van der Waals surface area contributed by atoms with Crippen molar-refractivity contribution in [3.05, 3.63) is 11.7 Å². The fourth-order valence-corrected chi connectivity index (χ4v) is 2.45. The average molecular weight is 282 g/mol. The molecule has 0 radical (unpaired) electrons. The lowest BCUT2D eigenvalue weighted by atomic mass is 9.94. The van der Waals surface area contributed by atoms with E-state index in [1.165, 1.54) is 0 Å². The fraction of sp³-hybridized carbons (Fsp3) is 0.867. The van der Waals surface area contributed by atoms with Crippen molar-refractivity contribution in [2.24, 2.45) is 17.6 Å². The van der Waals surface area contributed by atoms with Crippen LogP contribution < -0.4 is 5.73 Å². The highest BCUT2D eigenvalue weighted by atomic mass is 16.5. The zero-order chi connectivity index (χ0) is 15.0. The van der Waals surface area contributed by atoms with E-state index in [4.69, 9.17) is 10.3 Å². The molecule has 5 nitrogen and oxygen atoms in total. The van der Waals surface area contributed by atoms with Gasteiger partial charge in [0.2, 0.25) is 5.89 Å². The van der Waals surface area contributed by atoms with Gasteiger partial charge in [-0.15, -0.1) is 0 Å². The van der Waals surface area contributed by atoms with Gasteiger partial charge in [0.1, 0.15) is 0 Å². The zero-order valence-electron chi connectivity index (χ0n) is 13.4. The van der Waals surface area contributed by atoms with Crippen molar-refractivity contribution in [1.82, 2.24) is 15.0 Å². The third kappa shape index (κ3) is 6.01. The lowest BCUT2D eigenvalue weighted by molar-refractivity contribution is 0.301. The van der Waals surface area contributed by atoms with Crippen LogP contribution in [0.3, 0.4) is 0 Å². The second kappa shape index (κ2) is 9.08. The van der Waals surface area contributed by atoms with E-state index in [1.807, 2.05) is 0 Å². The molecule has 5 heteroatoms. The molecule has 0 saturated carbocycles. The van der Waals surface area contributed by atoms with Gasteiger partial charge in [-0.2, -0.15) is 4.98 Å². The predicted molar refractivity (Wildman–Crippen MR) is 81.5 cm³/mol. The van der Waals surface area contributed by atoms with E-state index in [0.29, 0.717) is 18.4 Å². The first kappa shape index (κ1) is 17.1. The van der Waals surface area contributed by atoms with Crippen LogP contribution in [0, 0.1) is 11.8 Å². The van der Waals surface area contributed by atoms with Crippen molar-refractivity contribution < 1.29 is 4.52 Å². The van der Waals surface area contributed by atoms with Crippen LogP contribution in [0.1, 0.15) is 45.8 Å². The van der Waals surface area contributed by atoms with Gasteiger partial charge >= 0.3 is 0 Å². The lowest BCUT2D eigenvalue weighted by Gasteiger charge is -2.16. The molecule has 0 amide bonds. The number of nitrogens with two attached hydrogens (primary N) is 1. The molecule has 1 aromatic heterocycles. The summed E-state index contributed by atoms with van der Waals surface area (Å²) in [5.74, 6) is 2.63. The summed E-state index contributed by atoms with van der Waals surface area (Å²) in [6.45, 7) is 12.5. The minimum absolute atomic E-state index is 0.436. The molecule has 0 aromatic carbocycles. The molecule has 0 bridgehead atoms. The van der Waals surface area contributed by atoms with Crippen LogP contribution in [0.4, 0.5) is 0 Å². The normalized spacial score (nSPS) is 13.3. The summed E-state index contributed by atoms with van der Waals surface area (Å²) in [5, 5.41) is 4.07. The Kier molecular flexibility index (Phi) is 7.77. The first-order valence-electron chi connectivity index (χ1n) is 7.82. The standard InChI is InChI=1S/C15H30N4O/c1-5-19(6-2)8-7-14-17-15(20-18-14)10-13(11-16)9-12(3)4/h12-13H,5-11,16H2,1-4H3. The van der Waals surface area contributed by atoms with Gasteiger partial charge in [-0.1, -0.05) is 32.9 Å². The zero-order valence-corrected chi connectivity index (χ0v) is 13.4. The monoisotopic (exact) mass is 282 g/mol. The van der Waals surface area contributed by atoms with Crippen LogP contribution in [0.15, 0.2) is 4.52 Å². The van der Waals surface area contributed by atoms with Crippen LogP contribution in [0.2, 0.25) is 0 Å². The maximum atomic E-state index is 5.81. The molecule has 1 atom stereocenters. The Bertz CT molecular complexity index is 361. The highest BCUT2D eigenvalue weighted by molar-refractivity contribution is 4.89. The van der Waals surface area contributed by atoms with Crippen molar-refractivity contribution in [2.75, 3.05) is 26.2 Å². The quantitative estimate of drug-likeness (QED) is 0.712. The maximum Gasteiger partial charge on any atom is 0.226 e. The summed E-state index contributed by atoms with van der Waals surface area (Å²) < 4.78 is 5.34. The summed E-state index contributed by atoms with van der Waals surface area (Å²) in [5.41, 5.74) is 5.81. The van der Waals surface area contributed by atoms with Crippen molar-refractivity contribution in [3.8, 4) is 0 Å². The molecule has 116 valence electrons. The van der Waals surface area contributed by atoms with E-state index < -0.39 is 0 Å². The molecule has 0 aliphatic rings. The first-order valence-corrected chi connectivity index (χ1v) is 7.82. The summed E-state index contributed by atoms with van der Waals surface area (Å²) in [7, 11) is 0. The topological polar surface area (TPSA) is 68.2 Å². The van der Waals surface area contributed by atoms with Gasteiger partial charge in [-0.25, -0.2) is 0 Å². The Morgan fingerprint density at radius 1 is 1.25 bits per heavy atom. The van der Waals surface area contributed by atoms with Gasteiger partial charge in [-0.05, 0) is 37.9 Å². The SMILES string of the molecule is CCN(CC)CCc1noc(CC(CN)CC(C)C)n1. The minimum Gasteiger partial charge on any atom is -0.339 e. The predicted octanol–water partition coefficient (Wildman–Crippen LogP) is 2.12. The number of hydrogen-bond donors (Lipinski definition) is 1. The van der Waals surface area contributed by atoms with Crippen LogP contribution in [-0.4, -0.2) is 41.2 Å². The molecular formula is C15H30N4O. The van der Waals surface area contributed by atoms with Crippen molar-refractivity contribution >= 4 is 0 Å². The average Bonchev–Trinajstić information content (AvgIpc) is 2.86. The summed E-state index contributed by atoms with van der Waals surface area (Å²) >= 11 is 0. The highest BCUT2D eigenvalue weighted by Crippen LogP contribution is 2.15. The minimum atomic E-state index is 0.436. The number of aromatic nitrogens is 2. The van der Waals surface area contributed by atoms with E-state index >= 15 is 0 Å². The lowest BCUT2D eigenvalue weighted by Crippen LogP contribution is -2.25. The van der Waals surface area contributed by atoms with Gasteiger partial charge in [0.15, 0.2) is 5.82 Å². The smallest absolute Gasteiger partial charge is 0.226 e. The molecule has 1 heterocycles. The van der Waals surface area contributed by atoms with Crippen LogP contribution >= 0.6 is 0 Å². The number of nitrogens with zero attached hydrogens (tertiary/aromatic N) is 3. The Balaban J connectivity index is 2.45. The molecule has 2 N–H and O–H groups in total. The Morgan fingerprint density at radius 2 is 1.95 bits per heavy atom. The Morgan fingerprint density at radius 3 is 2.50 bits per heavy atom. The van der Waals surface area contributed by atoms with Crippen LogP contribution in [0.5, 0.6) is 0 Å². The Hall–Kier alpha value is -0.940. The van der Waals surface area contributed by atoms with Gasteiger partial charge in [0.05, 0.1) is 0 Å². The van der Waals surface area contributed by atoms with Gasteiger partial charge in [0, 0.05) is 19.4 Å². The maximum absolute atomic E-state index is 5.81. The van der Waals surface area contributed by atoms with E-state index in [1.54, 1.807) is 0 Å². The molecule has 0 aliphatic heterocycles. The van der Waals surface area contributed by atoms with E-state index in [-0.39, 0.29) is 0 Å². The molecule has 0 fully saturated rings. The molecule has 1 rings (SSSR count). The van der Waals surface area contributed by atoms with E-state index in [9.17, 15) is 0 Å². The molecule has 0 saturated heterocycles. The van der Waals surface area contributed by atoms with Crippen LogP contribution in [-0.2, 0) is 12.8 Å². The highest BCUT2D eigenvalue weighted by Gasteiger charge is 2.15. The summed E-state index contributed by atoms with van der Waals surface area (Å²) in [6, 6.07) is 0. The largest absolute Gasteiger partial charge is 0.339 e. The molecule has 0 aliphatic carbocycles. The van der Waals surface area contributed by atoms with Gasteiger partial charge < -0.3 is 15.2 Å². The fourth-order valence-electron chi connectivity index (χ4n) is 2.45. The number of hydrogen-bond acceptors (Lipinski definition) is 5. The second-order valence-electron chi connectivity index (χ2n) is 5.82. The molecule has 1 aromatic rings. The van der Waals surface area contributed by atoms with Crippen molar-refractivity contribution in [3.63, 3.8) is 0 Å². The molecule has 0 spiro atoms. The van der Waals surface area contributed by atoms with Gasteiger partial charge in [-0.3, -0.25) is 0 Å². The van der Waals surface area contributed by atoms with Gasteiger partial charge in [0.25, 0.3) is 0 Å². The summed E-state index contributed by atoms with van der Waals surface area (Å²) in [6.07, 6.45) is 2.75.